The first-order valence-corrected chi connectivity index (χ1v) is 9.69. The highest BCUT2D eigenvalue weighted by Gasteiger charge is 2.45. The molecular formula is C23H21FO6. The highest BCUT2D eigenvalue weighted by molar-refractivity contribution is 6.06. The van der Waals surface area contributed by atoms with Crippen LogP contribution in [0.15, 0.2) is 30.3 Å². The third kappa shape index (κ3) is 2.65. The third-order valence-corrected chi connectivity index (χ3v) is 5.81. The Morgan fingerprint density at radius 1 is 1.17 bits per heavy atom. The van der Waals surface area contributed by atoms with Gasteiger partial charge in [-0.2, -0.15) is 0 Å². The summed E-state index contributed by atoms with van der Waals surface area (Å²) in [4.78, 5) is 13.5. The number of carbonyl (C=O) groups is 1. The molecular weight excluding hydrogens is 390 g/mol. The van der Waals surface area contributed by atoms with Gasteiger partial charge in [0.25, 0.3) is 0 Å². The van der Waals surface area contributed by atoms with Crippen LogP contribution in [0, 0.1) is 0 Å². The van der Waals surface area contributed by atoms with E-state index in [9.17, 15) is 9.18 Å². The second-order valence-corrected chi connectivity index (χ2v) is 7.79. The van der Waals surface area contributed by atoms with Gasteiger partial charge in [-0.05, 0) is 37.3 Å². The SMILES string of the molecule is COc1cc2c(cc1OC)[C@@H]1C(=O)c3ccc4c(c3O[C@@H]1CO2)C=CC(C)(C[18F])O4. The number of hydrogen-bond acceptors (Lipinski definition) is 6. The average Bonchev–Trinajstić information content (AvgIpc) is 2.77. The maximum absolute atomic E-state index is 13.5. The Hall–Kier alpha value is -3.22. The van der Waals surface area contributed by atoms with Crippen molar-refractivity contribution in [1.29, 1.82) is 0 Å². The molecule has 3 heterocycles. The normalized spacial score (nSPS) is 25.5. The van der Waals surface area contributed by atoms with E-state index in [0.29, 0.717) is 45.4 Å². The quantitative estimate of drug-likeness (QED) is 0.762. The Kier molecular flexibility index (Phi) is 4.17. The van der Waals surface area contributed by atoms with E-state index >= 15 is 0 Å². The van der Waals surface area contributed by atoms with Gasteiger partial charge in [-0.25, -0.2) is 4.39 Å². The van der Waals surface area contributed by atoms with Crippen LogP contribution in [0.2, 0.25) is 0 Å². The van der Waals surface area contributed by atoms with Crippen LogP contribution in [-0.4, -0.2) is 45.0 Å². The summed E-state index contributed by atoms with van der Waals surface area (Å²) in [6, 6.07) is 6.88. The number of ketones is 1. The lowest BCUT2D eigenvalue weighted by Crippen LogP contribution is -2.43. The molecule has 7 heteroatoms. The fourth-order valence-corrected chi connectivity index (χ4v) is 4.21. The molecule has 3 aliphatic heterocycles. The van der Waals surface area contributed by atoms with Crippen molar-refractivity contribution in [2.75, 3.05) is 27.5 Å². The van der Waals surface area contributed by atoms with Crippen LogP contribution >= 0.6 is 0 Å². The molecule has 0 fully saturated rings. The van der Waals surface area contributed by atoms with E-state index in [4.69, 9.17) is 23.7 Å². The van der Waals surface area contributed by atoms with Crippen LogP contribution in [0.3, 0.4) is 0 Å². The van der Waals surface area contributed by atoms with Crippen LogP contribution < -0.4 is 23.7 Å². The minimum atomic E-state index is -1.02. The fraction of sp³-hybridized carbons (Fsp3) is 0.348. The van der Waals surface area contributed by atoms with Gasteiger partial charge in [0.1, 0.15) is 36.6 Å². The minimum Gasteiger partial charge on any atom is -0.493 e. The van der Waals surface area contributed by atoms with Crippen molar-refractivity contribution in [1.82, 2.24) is 0 Å². The van der Waals surface area contributed by atoms with E-state index in [2.05, 4.69) is 0 Å². The predicted octanol–water partition coefficient (Wildman–Crippen LogP) is 3.96. The number of carbonyl (C=O) groups excluding carboxylic acids is 1. The Morgan fingerprint density at radius 3 is 2.67 bits per heavy atom. The van der Waals surface area contributed by atoms with Gasteiger partial charge in [-0.3, -0.25) is 4.79 Å². The average molecular weight is 411 g/mol. The molecule has 2 aromatic carbocycles. The molecule has 0 radical (unpaired) electrons. The molecule has 0 bridgehead atoms. The molecule has 0 saturated carbocycles. The van der Waals surface area contributed by atoms with Crippen LogP contribution in [-0.2, 0) is 0 Å². The van der Waals surface area contributed by atoms with Gasteiger partial charge in [-0.15, -0.1) is 0 Å². The number of benzene rings is 2. The van der Waals surface area contributed by atoms with Crippen molar-refractivity contribution in [3.8, 4) is 28.7 Å². The Morgan fingerprint density at radius 2 is 1.93 bits per heavy atom. The number of hydrogen-bond donors (Lipinski definition) is 0. The molecule has 5 rings (SSSR count). The van der Waals surface area contributed by atoms with E-state index in [1.54, 1.807) is 57.6 Å². The van der Waals surface area contributed by atoms with Crippen molar-refractivity contribution >= 4 is 11.9 Å². The first kappa shape index (κ1) is 18.8. The van der Waals surface area contributed by atoms with E-state index in [1.165, 1.54) is 0 Å². The third-order valence-electron chi connectivity index (χ3n) is 5.81. The summed E-state index contributed by atoms with van der Waals surface area (Å²) >= 11 is 0. The van der Waals surface area contributed by atoms with Gasteiger partial charge in [0.2, 0.25) is 0 Å². The highest BCUT2D eigenvalue weighted by Crippen LogP contribution is 2.49. The molecule has 2 aromatic rings. The molecule has 1 unspecified atom stereocenters. The lowest BCUT2D eigenvalue weighted by Gasteiger charge is -2.39. The van der Waals surface area contributed by atoms with E-state index in [-0.39, 0.29) is 12.4 Å². The number of fused-ring (bicyclic) bond motifs is 6. The Balaban J connectivity index is 1.59. The van der Waals surface area contributed by atoms with Gasteiger partial charge >= 0.3 is 0 Å². The zero-order valence-corrected chi connectivity index (χ0v) is 16.9. The zero-order chi connectivity index (χ0) is 21.0. The van der Waals surface area contributed by atoms with Crippen molar-refractivity contribution in [3.63, 3.8) is 0 Å². The number of Topliss-reactive ketones (excluding diaryl/α,β-unsaturated/α-hetero) is 1. The minimum absolute atomic E-state index is 0.0620. The standard InChI is InChI=1S/C23H21FO6/c1-23(11-24)7-6-12-15(30-23)5-4-13-21(25)20-14-8-17(26-2)18(27-3)9-16(14)28-10-19(20)29-22(12)13/h4-9,19-20H,10-11H2,1-3H3/t19-,20+,23?/m1/s1/i24-1. The van der Waals surface area contributed by atoms with E-state index in [1.807, 2.05) is 0 Å². The van der Waals surface area contributed by atoms with Crippen molar-refractivity contribution in [3.05, 3.63) is 47.0 Å². The van der Waals surface area contributed by atoms with Crippen molar-refractivity contribution in [2.24, 2.45) is 0 Å². The maximum Gasteiger partial charge on any atom is 0.178 e. The van der Waals surface area contributed by atoms with E-state index < -0.39 is 24.3 Å². The van der Waals surface area contributed by atoms with E-state index in [0.717, 1.165) is 0 Å². The number of rotatable bonds is 3. The number of methoxy groups -OCH3 is 2. The van der Waals surface area contributed by atoms with Gasteiger partial charge in [0, 0.05) is 11.6 Å². The summed E-state index contributed by atoms with van der Waals surface area (Å²) in [5, 5.41) is 0. The summed E-state index contributed by atoms with van der Waals surface area (Å²) in [5.74, 6) is 1.98. The molecule has 0 aromatic heterocycles. The smallest absolute Gasteiger partial charge is 0.178 e. The number of alkyl halides is 1. The van der Waals surface area contributed by atoms with Crippen LogP contribution in [0.25, 0.3) is 6.08 Å². The first-order valence-electron chi connectivity index (χ1n) is 9.69. The zero-order valence-electron chi connectivity index (χ0n) is 16.9. The second-order valence-electron chi connectivity index (χ2n) is 7.79. The molecule has 0 aliphatic carbocycles. The first-order chi connectivity index (χ1) is 14.5. The summed E-state index contributed by atoms with van der Waals surface area (Å²) < 4.78 is 42.0. The number of ether oxygens (including phenoxy) is 5. The van der Waals surface area contributed by atoms with Gasteiger partial charge in [0.15, 0.2) is 22.9 Å². The van der Waals surface area contributed by atoms with Crippen LogP contribution in [0.4, 0.5) is 4.39 Å². The largest absolute Gasteiger partial charge is 0.493 e. The van der Waals surface area contributed by atoms with Gasteiger partial charge in [0.05, 0.1) is 31.3 Å². The highest BCUT2D eigenvalue weighted by atomic mass is 18.2. The molecule has 3 aliphatic rings. The lowest BCUT2D eigenvalue weighted by atomic mass is 9.81. The number of halogens is 1. The summed E-state index contributed by atoms with van der Waals surface area (Å²) in [7, 11) is 3.09. The molecule has 30 heavy (non-hydrogen) atoms. The lowest BCUT2D eigenvalue weighted by molar-refractivity contribution is 0.0548. The molecule has 0 saturated heterocycles. The molecule has 6 nitrogen and oxygen atoms in total. The van der Waals surface area contributed by atoms with Crippen LogP contribution in [0.1, 0.15) is 34.3 Å². The van der Waals surface area contributed by atoms with Crippen molar-refractivity contribution < 1.29 is 32.9 Å². The summed E-state index contributed by atoms with van der Waals surface area (Å²) in [6.07, 6.45) is 2.92. The predicted molar refractivity (Wildman–Crippen MR) is 107 cm³/mol. The molecule has 3 atom stereocenters. The molecule has 156 valence electrons. The van der Waals surface area contributed by atoms with Gasteiger partial charge < -0.3 is 23.7 Å². The summed E-state index contributed by atoms with van der Waals surface area (Å²) in [5.41, 5.74) is 0.789. The molecule has 0 spiro atoms. The van der Waals surface area contributed by atoms with Crippen LogP contribution in [0.5, 0.6) is 28.7 Å². The second kappa shape index (κ2) is 6.65. The maximum atomic E-state index is 13.5. The fourth-order valence-electron chi connectivity index (χ4n) is 4.21. The monoisotopic (exact) mass is 411 g/mol. The molecule has 0 amide bonds. The van der Waals surface area contributed by atoms with Crippen molar-refractivity contribution in [2.45, 2.75) is 24.5 Å². The Labute approximate surface area is 173 Å². The topological polar surface area (TPSA) is 63.2 Å². The van der Waals surface area contributed by atoms with Gasteiger partial charge in [-0.1, -0.05) is 0 Å². The Bertz CT molecular complexity index is 1080. The molecule has 0 N–H and O–H groups in total. The summed E-state index contributed by atoms with van der Waals surface area (Å²) in [6.45, 7) is 1.23.